The lowest BCUT2D eigenvalue weighted by atomic mass is 10.0. The largest absolute Gasteiger partial charge is 0.465 e. The minimum absolute atomic E-state index is 0.0142. The smallest absolute Gasteiger partial charge is 0.407 e. The van der Waals surface area contributed by atoms with Crippen LogP contribution in [0.2, 0.25) is 0 Å². The fourth-order valence-corrected chi connectivity index (χ4v) is 2.75. The maximum absolute atomic E-state index is 12.5. The highest BCUT2D eigenvalue weighted by molar-refractivity contribution is 6.03. The van der Waals surface area contributed by atoms with E-state index in [2.05, 4.69) is 16.0 Å². The minimum Gasteiger partial charge on any atom is -0.465 e. The predicted octanol–water partition coefficient (Wildman–Crippen LogP) is 2.52. The number of benzene rings is 1. The number of alkyl carbamates (subject to hydrolysis) is 1. The molecule has 1 unspecified atom stereocenters. The first-order valence-corrected chi connectivity index (χ1v) is 10.7. The number of rotatable bonds is 9. The van der Waals surface area contributed by atoms with E-state index in [1.165, 1.54) is 32.2 Å². The summed E-state index contributed by atoms with van der Waals surface area (Å²) in [5, 5.41) is 18.1. The lowest BCUT2D eigenvalue weighted by Gasteiger charge is -2.21. The summed E-state index contributed by atoms with van der Waals surface area (Å²) in [6.07, 6.45) is -1.54. The van der Waals surface area contributed by atoms with Gasteiger partial charge in [-0.3, -0.25) is 9.59 Å². The summed E-state index contributed by atoms with van der Waals surface area (Å²) in [5.74, 6) is -1.35. The van der Waals surface area contributed by atoms with Crippen LogP contribution in [0.3, 0.4) is 0 Å². The van der Waals surface area contributed by atoms with Crippen LogP contribution in [0.25, 0.3) is 0 Å². The summed E-state index contributed by atoms with van der Waals surface area (Å²) in [5.41, 5.74) is -0.186. The number of nitrogens with one attached hydrogen (secondary N) is 3. The zero-order valence-electron chi connectivity index (χ0n) is 20.3. The summed E-state index contributed by atoms with van der Waals surface area (Å²) in [7, 11) is 1.19. The summed E-state index contributed by atoms with van der Waals surface area (Å²) >= 11 is 0. The van der Waals surface area contributed by atoms with Crippen LogP contribution >= 0.6 is 0 Å². The molecular weight excluding hydrogens is 430 g/mol. The molecule has 4 N–H and O–H groups in total. The first-order chi connectivity index (χ1) is 15.2. The van der Waals surface area contributed by atoms with Crippen molar-refractivity contribution in [1.29, 1.82) is 0 Å². The zero-order valence-corrected chi connectivity index (χ0v) is 20.3. The molecule has 3 amide bonds. The van der Waals surface area contributed by atoms with E-state index in [0.29, 0.717) is 5.56 Å². The van der Waals surface area contributed by atoms with Gasteiger partial charge >= 0.3 is 12.1 Å². The fraction of sp³-hybridized carbons (Fsp3) is 0.565. The molecule has 1 rings (SSSR count). The second-order valence-electron chi connectivity index (χ2n) is 9.07. The number of anilines is 1. The van der Waals surface area contributed by atoms with Crippen molar-refractivity contribution in [3.8, 4) is 0 Å². The highest BCUT2D eigenvalue weighted by Crippen LogP contribution is 2.23. The van der Waals surface area contributed by atoms with Crippen molar-refractivity contribution in [3.05, 3.63) is 29.3 Å². The van der Waals surface area contributed by atoms with Gasteiger partial charge in [-0.1, -0.05) is 19.9 Å². The van der Waals surface area contributed by atoms with Gasteiger partial charge in [-0.15, -0.1) is 0 Å². The number of aliphatic hydroxyl groups is 1. The molecule has 0 saturated carbocycles. The van der Waals surface area contributed by atoms with E-state index in [1.54, 1.807) is 20.8 Å². The van der Waals surface area contributed by atoms with Gasteiger partial charge in [-0.05, 0) is 51.3 Å². The Morgan fingerprint density at radius 3 is 2.27 bits per heavy atom. The molecule has 1 aromatic rings. The van der Waals surface area contributed by atoms with Gasteiger partial charge in [0.1, 0.15) is 11.6 Å². The normalized spacial score (nSPS) is 13.0. The van der Waals surface area contributed by atoms with E-state index in [0.717, 1.165) is 0 Å². The quantitative estimate of drug-likeness (QED) is 0.410. The lowest BCUT2D eigenvalue weighted by molar-refractivity contribution is -0.126. The molecule has 10 heteroatoms. The topological polar surface area (TPSA) is 143 Å². The maximum atomic E-state index is 12.5. The zero-order chi connectivity index (χ0) is 25.3. The van der Waals surface area contributed by atoms with E-state index >= 15 is 0 Å². The van der Waals surface area contributed by atoms with Crippen molar-refractivity contribution in [3.63, 3.8) is 0 Å². The van der Waals surface area contributed by atoms with Crippen LogP contribution in [0.1, 0.15) is 70.0 Å². The molecule has 33 heavy (non-hydrogen) atoms. The van der Waals surface area contributed by atoms with Crippen LogP contribution in [0.4, 0.5) is 10.5 Å². The second-order valence-corrected chi connectivity index (χ2v) is 9.07. The van der Waals surface area contributed by atoms with Crippen LogP contribution in [0.15, 0.2) is 18.2 Å². The molecular formula is C23H35N3O7. The Balaban J connectivity index is 2.92. The third kappa shape index (κ3) is 9.90. The molecule has 10 nitrogen and oxygen atoms in total. The monoisotopic (exact) mass is 465 g/mol. The van der Waals surface area contributed by atoms with E-state index in [9.17, 15) is 24.3 Å². The number of ether oxygens (including phenoxy) is 2. The van der Waals surface area contributed by atoms with Gasteiger partial charge in [0.15, 0.2) is 0 Å². The third-order valence-electron chi connectivity index (χ3n) is 4.29. The Labute approximate surface area is 194 Å². The van der Waals surface area contributed by atoms with Crippen LogP contribution < -0.4 is 16.0 Å². The molecule has 0 aliphatic carbocycles. The van der Waals surface area contributed by atoms with Crippen molar-refractivity contribution in [2.75, 3.05) is 19.0 Å². The molecule has 2 atom stereocenters. The molecule has 184 valence electrons. The van der Waals surface area contributed by atoms with Gasteiger partial charge in [0, 0.05) is 6.42 Å². The number of carbonyl (C=O) groups excluding carboxylic acids is 4. The van der Waals surface area contributed by atoms with Crippen molar-refractivity contribution >= 4 is 29.6 Å². The number of carbonyl (C=O) groups is 4. The number of hydrogen-bond donors (Lipinski definition) is 4. The number of amides is 3. The molecule has 0 bridgehead atoms. The summed E-state index contributed by atoms with van der Waals surface area (Å²) in [6, 6.07) is 3.49. The number of hydrogen-bond acceptors (Lipinski definition) is 7. The second kappa shape index (κ2) is 12.2. The molecule has 0 aliphatic rings. The minimum atomic E-state index is -1.14. The molecule has 0 spiro atoms. The number of esters is 1. The van der Waals surface area contributed by atoms with Crippen molar-refractivity contribution < 1.29 is 33.8 Å². The molecule has 0 heterocycles. The number of aliphatic hydroxyl groups excluding tert-OH is 1. The van der Waals surface area contributed by atoms with E-state index in [4.69, 9.17) is 9.47 Å². The summed E-state index contributed by atoms with van der Waals surface area (Å²) in [4.78, 5) is 48.5. The summed E-state index contributed by atoms with van der Waals surface area (Å²) < 4.78 is 9.91. The first kappa shape index (κ1) is 27.9. The van der Waals surface area contributed by atoms with E-state index in [-0.39, 0.29) is 36.0 Å². The fourth-order valence-electron chi connectivity index (χ4n) is 2.75. The van der Waals surface area contributed by atoms with Gasteiger partial charge in [0.25, 0.3) is 0 Å². The van der Waals surface area contributed by atoms with Crippen LogP contribution in [-0.2, 0) is 19.1 Å². The Kier molecular flexibility index (Phi) is 10.3. The Morgan fingerprint density at radius 1 is 1.09 bits per heavy atom. The highest BCUT2D eigenvalue weighted by Gasteiger charge is 2.22. The molecule has 0 aliphatic heterocycles. The SMILES string of the molecule is COC(=O)c1cc(C(O)CNC(=O)OC(C)(C)C)ccc1NC(=O)[C@H](C)NC(=O)CC(C)C. The Bertz CT molecular complexity index is 862. The van der Waals surface area contributed by atoms with Crippen LogP contribution in [0.5, 0.6) is 0 Å². The van der Waals surface area contributed by atoms with Gasteiger partial charge in [0.05, 0.1) is 31.0 Å². The molecule has 0 radical (unpaired) electrons. The molecule has 0 aromatic heterocycles. The Morgan fingerprint density at radius 2 is 1.73 bits per heavy atom. The van der Waals surface area contributed by atoms with Crippen molar-refractivity contribution in [1.82, 2.24) is 10.6 Å². The van der Waals surface area contributed by atoms with Gasteiger partial charge in [-0.25, -0.2) is 9.59 Å². The van der Waals surface area contributed by atoms with E-state index in [1.807, 2.05) is 13.8 Å². The highest BCUT2D eigenvalue weighted by atomic mass is 16.6. The number of methoxy groups -OCH3 is 1. The van der Waals surface area contributed by atoms with Gasteiger partial charge in [0.2, 0.25) is 11.8 Å². The maximum Gasteiger partial charge on any atom is 0.407 e. The van der Waals surface area contributed by atoms with E-state index < -0.39 is 35.7 Å². The average molecular weight is 466 g/mol. The first-order valence-electron chi connectivity index (χ1n) is 10.7. The summed E-state index contributed by atoms with van der Waals surface area (Å²) in [6.45, 7) is 10.3. The van der Waals surface area contributed by atoms with Crippen molar-refractivity contribution in [2.45, 2.75) is 65.7 Å². The Hall–Kier alpha value is -3.14. The standard InChI is InChI=1S/C23H35N3O7/c1-13(2)10-19(28)25-14(3)20(29)26-17-9-8-15(11-16(17)21(30)32-7)18(27)12-24-22(31)33-23(4,5)6/h8-9,11,13-14,18,27H,10,12H2,1-7H3,(H,24,31)(H,25,28)(H,26,29)/t14-,18?/m0/s1. The van der Waals surface area contributed by atoms with Gasteiger partial charge in [-0.2, -0.15) is 0 Å². The van der Waals surface area contributed by atoms with Gasteiger partial charge < -0.3 is 30.5 Å². The molecule has 1 aromatic carbocycles. The van der Waals surface area contributed by atoms with Crippen LogP contribution in [0, 0.1) is 5.92 Å². The predicted molar refractivity (Wildman–Crippen MR) is 123 cm³/mol. The molecule has 0 saturated heterocycles. The van der Waals surface area contributed by atoms with Crippen LogP contribution in [-0.4, -0.2) is 54.3 Å². The average Bonchev–Trinajstić information content (AvgIpc) is 2.69. The lowest BCUT2D eigenvalue weighted by Crippen LogP contribution is -2.42. The van der Waals surface area contributed by atoms with Crippen molar-refractivity contribution in [2.24, 2.45) is 5.92 Å². The molecule has 0 fully saturated rings. The third-order valence-corrected chi connectivity index (χ3v) is 4.29.